The van der Waals surface area contributed by atoms with Crippen molar-refractivity contribution in [2.24, 2.45) is 0 Å². The molecule has 0 radical (unpaired) electrons. The van der Waals surface area contributed by atoms with E-state index < -0.39 is 0 Å². The summed E-state index contributed by atoms with van der Waals surface area (Å²) in [6, 6.07) is 0. The zero-order valence-electron chi connectivity index (χ0n) is 13.6. The molecule has 2 N–H and O–H groups in total. The minimum Gasteiger partial charge on any atom is -0.362 e. The molecule has 3 aromatic heterocycles. The number of fused-ring (bicyclic) bond motifs is 1. The Hall–Kier alpha value is -2.44. The van der Waals surface area contributed by atoms with Crippen LogP contribution in [0.4, 0.5) is 5.82 Å². The highest BCUT2D eigenvalue weighted by Crippen LogP contribution is 2.24. The SMILES string of the molecule is Cc1nc(CNc2ncnc3c2cnn3C(C)(C)C)[nH]c1C. The smallest absolute Gasteiger partial charge is 0.163 e. The Labute approximate surface area is 129 Å². The Morgan fingerprint density at radius 1 is 1.23 bits per heavy atom. The summed E-state index contributed by atoms with van der Waals surface area (Å²) in [6.07, 6.45) is 3.37. The van der Waals surface area contributed by atoms with E-state index in [-0.39, 0.29) is 5.54 Å². The molecule has 3 rings (SSSR count). The van der Waals surface area contributed by atoms with Gasteiger partial charge in [0.25, 0.3) is 0 Å². The van der Waals surface area contributed by atoms with Gasteiger partial charge in [0.05, 0.1) is 29.4 Å². The molecule has 22 heavy (non-hydrogen) atoms. The number of rotatable bonds is 3. The van der Waals surface area contributed by atoms with Crippen LogP contribution in [0, 0.1) is 13.8 Å². The van der Waals surface area contributed by atoms with Crippen molar-refractivity contribution in [3.05, 3.63) is 29.7 Å². The van der Waals surface area contributed by atoms with Crippen LogP contribution >= 0.6 is 0 Å². The minimum atomic E-state index is -0.122. The van der Waals surface area contributed by atoms with Crippen LogP contribution in [-0.2, 0) is 12.1 Å². The van der Waals surface area contributed by atoms with Crippen molar-refractivity contribution in [3.8, 4) is 0 Å². The molecule has 0 spiro atoms. The number of H-pyrrole nitrogens is 1. The van der Waals surface area contributed by atoms with Gasteiger partial charge in [-0.15, -0.1) is 0 Å². The van der Waals surface area contributed by atoms with Crippen molar-refractivity contribution in [1.82, 2.24) is 29.7 Å². The highest BCUT2D eigenvalue weighted by molar-refractivity contribution is 5.86. The second-order valence-electron chi connectivity index (χ2n) is 6.43. The Morgan fingerprint density at radius 2 is 2.00 bits per heavy atom. The van der Waals surface area contributed by atoms with E-state index in [2.05, 4.69) is 51.1 Å². The van der Waals surface area contributed by atoms with Gasteiger partial charge in [-0.1, -0.05) is 0 Å². The number of aromatic nitrogens is 6. The van der Waals surface area contributed by atoms with Crippen molar-refractivity contribution >= 4 is 16.9 Å². The maximum atomic E-state index is 4.47. The third-order valence-corrected chi connectivity index (χ3v) is 3.60. The van der Waals surface area contributed by atoms with Gasteiger partial charge >= 0.3 is 0 Å². The van der Waals surface area contributed by atoms with Crippen LogP contribution in [-0.4, -0.2) is 29.7 Å². The number of aromatic amines is 1. The molecule has 0 bridgehead atoms. The molecule has 0 aliphatic carbocycles. The van der Waals surface area contributed by atoms with Gasteiger partial charge in [-0.2, -0.15) is 5.10 Å². The van der Waals surface area contributed by atoms with E-state index in [0.717, 1.165) is 34.1 Å². The topological polar surface area (TPSA) is 84.3 Å². The lowest BCUT2D eigenvalue weighted by Crippen LogP contribution is -2.23. The Kier molecular flexibility index (Phi) is 3.35. The van der Waals surface area contributed by atoms with Crippen molar-refractivity contribution in [1.29, 1.82) is 0 Å². The third-order valence-electron chi connectivity index (χ3n) is 3.60. The molecule has 3 heterocycles. The zero-order valence-corrected chi connectivity index (χ0v) is 13.6. The van der Waals surface area contributed by atoms with Gasteiger partial charge < -0.3 is 10.3 Å². The number of hydrogen-bond acceptors (Lipinski definition) is 5. The first-order chi connectivity index (χ1) is 10.4. The van der Waals surface area contributed by atoms with Gasteiger partial charge in [-0.05, 0) is 34.6 Å². The highest BCUT2D eigenvalue weighted by atomic mass is 15.3. The number of aryl methyl sites for hydroxylation is 2. The second kappa shape index (κ2) is 5.08. The lowest BCUT2D eigenvalue weighted by atomic mass is 10.1. The van der Waals surface area contributed by atoms with Gasteiger partial charge in [-0.25, -0.2) is 19.6 Å². The Balaban J connectivity index is 1.90. The quantitative estimate of drug-likeness (QED) is 0.776. The fourth-order valence-electron chi connectivity index (χ4n) is 2.35. The minimum absolute atomic E-state index is 0.122. The molecule has 0 saturated carbocycles. The number of nitrogens with one attached hydrogen (secondary N) is 2. The van der Waals surface area contributed by atoms with E-state index in [1.165, 1.54) is 0 Å². The van der Waals surface area contributed by atoms with E-state index in [9.17, 15) is 0 Å². The Morgan fingerprint density at radius 3 is 2.64 bits per heavy atom. The molecule has 0 amide bonds. The van der Waals surface area contributed by atoms with Crippen molar-refractivity contribution in [3.63, 3.8) is 0 Å². The van der Waals surface area contributed by atoms with Crippen LogP contribution in [0.15, 0.2) is 12.5 Å². The normalized spacial score (nSPS) is 12.0. The van der Waals surface area contributed by atoms with Crippen LogP contribution in [0.5, 0.6) is 0 Å². The number of anilines is 1. The van der Waals surface area contributed by atoms with Crippen molar-refractivity contribution < 1.29 is 0 Å². The van der Waals surface area contributed by atoms with Crippen LogP contribution < -0.4 is 5.32 Å². The third kappa shape index (κ3) is 2.54. The van der Waals surface area contributed by atoms with Crippen LogP contribution in [0.25, 0.3) is 11.0 Å². The molecule has 0 unspecified atom stereocenters. The van der Waals surface area contributed by atoms with Gasteiger partial charge in [-0.3, -0.25) is 0 Å². The lowest BCUT2D eigenvalue weighted by molar-refractivity contribution is 0.366. The molecule has 7 nitrogen and oxygen atoms in total. The molecule has 3 aromatic rings. The van der Waals surface area contributed by atoms with Crippen molar-refractivity contribution in [2.75, 3.05) is 5.32 Å². The first-order valence-corrected chi connectivity index (χ1v) is 7.31. The van der Waals surface area contributed by atoms with Crippen molar-refractivity contribution in [2.45, 2.75) is 46.7 Å². The molecule has 116 valence electrons. The van der Waals surface area contributed by atoms with Gasteiger partial charge in [0.15, 0.2) is 5.65 Å². The summed E-state index contributed by atoms with van der Waals surface area (Å²) in [5.74, 6) is 1.66. The summed E-state index contributed by atoms with van der Waals surface area (Å²) in [5, 5.41) is 8.68. The second-order valence-corrected chi connectivity index (χ2v) is 6.43. The lowest BCUT2D eigenvalue weighted by Gasteiger charge is -2.19. The summed E-state index contributed by atoms with van der Waals surface area (Å²) in [4.78, 5) is 16.4. The standard InChI is InChI=1S/C15H21N7/c1-9-10(2)21-12(20-9)7-16-13-11-6-19-22(15(3,4)5)14(11)18-8-17-13/h6,8H,7H2,1-5H3,(H,20,21)(H,16,17,18). The fraction of sp³-hybridized carbons (Fsp3) is 0.467. The van der Waals surface area contributed by atoms with Gasteiger partial charge in [0.1, 0.15) is 18.0 Å². The largest absolute Gasteiger partial charge is 0.362 e. The summed E-state index contributed by atoms with van der Waals surface area (Å²) in [7, 11) is 0. The predicted molar refractivity (Wildman–Crippen MR) is 85.7 cm³/mol. The molecular weight excluding hydrogens is 278 g/mol. The maximum Gasteiger partial charge on any atom is 0.163 e. The summed E-state index contributed by atoms with van der Waals surface area (Å²) in [6.45, 7) is 10.9. The monoisotopic (exact) mass is 299 g/mol. The summed E-state index contributed by atoms with van der Waals surface area (Å²) < 4.78 is 1.91. The van der Waals surface area contributed by atoms with Gasteiger partial charge in [0.2, 0.25) is 0 Å². The Bertz CT molecular complexity index is 788. The summed E-state index contributed by atoms with van der Waals surface area (Å²) in [5.41, 5.74) is 2.81. The number of hydrogen-bond donors (Lipinski definition) is 2. The number of nitrogens with zero attached hydrogens (tertiary/aromatic N) is 5. The number of imidazole rings is 1. The van der Waals surface area contributed by atoms with E-state index in [4.69, 9.17) is 0 Å². The molecule has 0 aliphatic rings. The molecule has 0 saturated heterocycles. The predicted octanol–water partition coefficient (Wildman–Crippen LogP) is 2.53. The van der Waals surface area contributed by atoms with Crippen LogP contribution in [0.2, 0.25) is 0 Å². The average molecular weight is 299 g/mol. The molecule has 7 heteroatoms. The molecule has 0 fully saturated rings. The van der Waals surface area contributed by atoms with E-state index in [1.807, 2.05) is 24.7 Å². The van der Waals surface area contributed by atoms with E-state index in [0.29, 0.717) is 6.54 Å². The first-order valence-electron chi connectivity index (χ1n) is 7.31. The fourth-order valence-corrected chi connectivity index (χ4v) is 2.35. The molecular formula is C15H21N7. The molecule has 0 aromatic carbocycles. The average Bonchev–Trinajstić information content (AvgIpc) is 3.00. The first kappa shape index (κ1) is 14.5. The molecule has 0 aliphatic heterocycles. The maximum absolute atomic E-state index is 4.47. The van der Waals surface area contributed by atoms with Gasteiger partial charge in [0, 0.05) is 5.69 Å². The zero-order chi connectivity index (χ0) is 15.9. The van der Waals surface area contributed by atoms with Crippen LogP contribution in [0.3, 0.4) is 0 Å². The van der Waals surface area contributed by atoms with Crippen LogP contribution in [0.1, 0.15) is 38.0 Å². The molecule has 0 atom stereocenters. The van der Waals surface area contributed by atoms with E-state index >= 15 is 0 Å². The summed E-state index contributed by atoms with van der Waals surface area (Å²) >= 11 is 0. The van der Waals surface area contributed by atoms with E-state index in [1.54, 1.807) is 6.33 Å². The highest BCUT2D eigenvalue weighted by Gasteiger charge is 2.19.